The van der Waals surface area contributed by atoms with Crippen LogP contribution in [0.3, 0.4) is 0 Å². The molecule has 0 aromatic carbocycles. The monoisotopic (exact) mass is 333 g/mol. The van der Waals surface area contributed by atoms with Gasteiger partial charge in [0.05, 0.1) is 18.2 Å². The average Bonchev–Trinajstić information content (AvgIpc) is 3.16. The van der Waals surface area contributed by atoms with E-state index in [1.54, 1.807) is 4.68 Å². The minimum Gasteiger partial charge on any atom is -0.351 e. The van der Waals surface area contributed by atoms with E-state index in [1.165, 1.54) is 0 Å². The van der Waals surface area contributed by atoms with Crippen LogP contribution in [0.25, 0.3) is 0 Å². The molecule has 3 atom stereocenters. The summed E-state index contributed by atoms with van der Waals surface area (Å²) in [6.07, 6.45) is 4.19. The first kappa shape index (κ1) is 17.0. The highest BCUT2D eigenvalue weighted by Crippen LogP contribution is 2.29. The molecule has 1 aromatic heterocycles. The largest absolute Gasteiger partial charge is 0.351 e. The summed E-state index contributed by atoms with van der Waals surface area (Å²) in [7, 11) is 1.88. The van der Waals surface area contributed by atoms with E-state index in [9.17, 15) is 9.59 Å². The topological polar surface area (TPSA) is 79.3 Å². The zero-order chi connectivity index (χ0) is 17.5. The fraction of sp³-hybridized carbons (Fsp3) is 0.706. The van der Waals surface area contributed by atoms with Crippen LogP contribution in [0.2, 0.25) is 0 Å². The number of amides is 2. The second-order valence-corrected chi connectivity index (χ2v) is 7.90. The fourth-order valence-corrected chi connectivity index (χ4v) is 3.70. The van der Waals surface area contributed by atoms with E-state index in [0.717, 1.165) is 12.1 Å². The minimum absolute atomic E-state index is 0.0300. The van der Waals surface area contributed by atoms with Crippen LogP contribution in [-0.4, -0.2) is 57.7 Å². The van der Waals surface area contributed by atoms with Crippen molar-refractivity contribution in [2.24, 2.45) is 13.0 Å². The maximum atomic E-state index is 12.7. The number of aromatic nitrogens is 2. The molecule has 1 unspecified atom stereocenters. The van der Waals surface area contributed by atoms with Gasteiger partial charge >= 0.3 is 0 Å². The van der Waals surface area contributed by atoms with Crippen molar-refractivity contribution in [1.29, 1.82) is 0 Å². The predicted molar refractivity (Wildman–Crippen MR) is 90.3 cm³/mol. The molecule has 2 aliphatic rings. The molecular weight excluding hydrogens is 306 g/mol. The van der Waals surface area contributed by atoms with Gasteiger partial charge in [-0.3, -0.25) is 14.3 Å². The lowest BCUT2D eigenvalue weighted by Gasteiger charge is -2.32. The lowest BCUT2D eigenvalue weighted by Crippen LogP contribution is -2.46. The van der Waals surface area contributed by atoms with Crippen LogP contribution in [-0.2, 0) is 16.6 Å². The molecule has 3 rings (SSSR count). The van der Waals surface area contributed by atoms with Gasteiger partial charge in [0.25, 0.3) is 0 Å². The summed E-state index contributed by atoms with van der Waals surface area (Å²) in [6.45, 7) is 8.10. The molecule has 7 nitrogen and oxygen atoms in total. The van der Waals surface area contributed by atoms with Crippen LogP contribution in [0.4, 0.5) is 0 Å². The molecule has 2 N–H and O–H groups in total. The van der Waals surface area contributed by atoms with E-state index in [0.29, 0.717) is 19.5 Å². The smallest absolute Gasteiger partial charge is 0.225 e. The summed E-state index contributed by atoms with van der Waals surface area (Å²) in [6, 6.07) is -0.0978. The molecule has 0 saturated carbocycles. The van der Waals surface area contributed by atoms with Crippen LogP contribution >= 0.6 is 0 Å². The summed E-state index contributed by atoms with van der Waals surface area (Å²) in [5.74, 6) is 0.158. The van der Waals surface area contributed by atoms with Gasteiger partial charge in [-0.05, 0) is 26.3 Å². The van der Waals surface area contributed by atoms with Gasteiger partial charge in [0, 0.05) is 50.8 Å². The Bertz CT molecular complexity index is 633. The third-order valence-electron chi connectivity index (χ3n) is 4.99. The Morgan fingerprint density at radius 2 is 2.12 bits per heavy atom. The maximum absolute atomic E-state index is 12.7. The number of nitrogens with zero attached hydrogens (tertiary/aromatic N) is 3. The highest BCUT2D eigenvalue weighted by Gasteiger charge is 2.40. The maximum Gasteiger partial charge on any atom is 0.225 e. The van der Waals surface area contributed by atoms with Crippen LogP contribution < -0.4 is 10.6 Å². The summed E-state index contributed by atoms with van der Waals surface area (Å²) < 4.78 is 1.76. The molecule has 2 fully saturated rings. The number of aryl methyl sites for hydroxylation is 1. The van der Waals surface area contributed by atoms with Gasteiger partial charge in [-0.2, -0.15) is 5.10 Å². The molecule has 132 valence electrons. The number of hydrogen-bond donors (Lipinski definition) is 2. The molecule has 0 radical (unpaired) electrons. The molecule has 7 heteroatoms. The Morgan fingerprint density at radius 1 is 1.38 bits per heavy atom. The van der Waals surface area contributed by atoms with Crippen molar-refractivity contribution in [2.45, 2.75) is 44.7 Å². The average molecular weight is 333 g/mol. The Labute approximate surface area is 142 Å². The van der Waals surface area contributed by atoms with Crippen LogP contribution in [0.15, 0.2) is 12.4 Å². The summed E-state index contributed by atoms with van der Waals surface area (Å²) in [4.78, 5) is 26.8. The Balaban J connectivity index is 1.64. The van der Waals surface area contributed by atoms with Gasteiger partial charge in [-0.25, -0.2) is 0 Å². The van der Waals surface area contributed by atoms with E-state index in [-0.39, 0.29) is 35.2 Å². The van der Waals surface area contributed by atoms with E-state index in [4.69, 9.17) is 0 Å². The van der Waals surface area contributed by atoms with Gasteiger partial charge in [0.15, 0.2) is 0 Å². The van der Waals surface area contributed by atoms with Gasteiger partial charge < -0.3 is 15.5 Å². The molecule has 2 aliphatic heterocycles. The minimum atomic E-state index is -0.205. The number of carbonyl (C=O) groups excluding carboxylic acids is 2. The summed E-state index contributed by atoms with van der Waals surface area (Å²) >= 11 is 0. The Hall–Kier alpha value is -1.89. The van der Waals surface area contributed by atoms with Crippen molar-refractivity contribution in [3.8, 4) is 0 Å². The first-order valence-corrected chi connectivity index (χ1v) is 8.56. The highest BCUT2D eigenvalue weighted by atomic mass is 16.2. The zero-order valence-corrected chi connectivity index (χ0v) is 14.9. The number of likely N-dealkylation sites (tertiary alicyclic amines) is 1. The lowest BCUT2D eigenvalue weighted by atomic mass is 9.90. The molecule has 0 aliphatic carbocycles. The summed E-state index contributed by atoms with van der Waals surface area (Å²) in [5.41, 5.74) is 0.880. The molecule has 24 heavy (non-hydrogen) atoms. The number of rotatable bonds is 3. The van der Waals surface area contributed by atoms with Gasteiger partial charge in [0.1, 0.15) is 0 Å². The zero-order valence-electron chi connectivity index (χ0n) is 14.9. The highest BCUT2D eigenvalue weighted by molar-refractivity contribution is 5.84. The van der Waals surface area contributed by atoms with Crippen molar-refractivity contribution in [1.82, 2.24) is 25.3 Å². The van der Waals surface area contributed by atoms with Crippen LogP contribution in [0.1, 0.15) is 38.7 Å². The third-order valence-corrected chi connectivity index (χ3v) is 4.99. The van der Waals surface area contributed by atoms with Crippen LogP contribution in [0, 0.1) is 5.92 Å². The number of hydrogen-bond acceptors (Lipinski definition) is 4. The van der Waals surface area contributed by atoms with E-state index in [1.807, 2.05) is 45.1 Å². The Morgan fingerprint density at radius 3 is 2.71 bits per heavy atom. The standard InChI is InChI=1S/C17H27N5O2/c1-17(2,3)22-10-12(5-15(22)23)20-16(24)14-8-18-7-13(14)11-6-19-21(4)9-11/h6,9,12-14,18H,5,7-8,10H2,1-4H3,(H,20,24)/t12?,13-,14+/m1/s1. The normalized spacial score (nSPS) is 27.8. The van der Waals surface area contributed by atoms with Gasteiger partial charge in [0.2, 0.25) is 11.8 Å². The fourth-order valence-electron chi connectivity index (χ4n) is 3.70. The van der Waals surface area contributed by atoms with Crippen molar-refractivity contribution in [3.05, 3.63) is 18.0 Å². The second-order valence-electron chi connectivity index (χ2n) is 7.90. The number of nitrogens with one attached hydrogen (secondary N) is 2. The molecule has 2 saturated heterocycles. The predicted octanol–water partition coefficient (Wildman–Crippen LogP) is 0.239. The molecule has 2 amide bonds. The molecule has 0 bridgehead atoms. The van der Waals surface area contributed by atoms with Gasteiger partial charge in [-0.1, -0.05) is 0 Å². The van der Waals surface area contributed by atoms with E-state index < -0.39 is 0 Å². The molecule has 3 heterocycles. The van der Waals surface area contributed by atoms with Crippen molar-refractivity contribution < 1.29 is 9.59 Å². The lowest BCUT2D eigenvalue weighted by molar-refractivity contribution is -0.131. The number of carbonyl (C=O) groups is 2. The first-order valence-electron chi connectivity index (χ1n) is 8.56. The van der Waals surface area contributed by atoms with Crippen LogP contribution in [0.5, 0.6) is 0 Å². The molecule has 1 aromatic rings. The van der Waals surface area contributed by atoms with E-state index in [2.05, 4.69) is 15.7 Å². The van der Waals surface area contributed by atoms with Crippen molar-refractivity contribution in [3.63, 3.8) is 0 Å². The summed E-state index contributed by atoms with van der Waals surface area (Å²) in [5, 5.41) is 10.6. The molecule has 0 spiro atoms. The van der Waals surface area contributed by atoms with E-state index >= 15 is 0 Å². The SMILES string of the molecule is Cn1cc([C@H]2CNC[C@@H]2C(=O)NC2CC(=O)N(C(C)(C)C)C2)cn1. The van der Waals surface area contributed by atoms with Crippen molar-refractivity contribution >= 4 is 11.8 Å². The second kappa shape index (κ2) is 6.20. The Kier molecular flexibility index (Phi) is 4.38. The molecular formula is C17H27N5O2. The van der Waals surface area contributed by atoms with Crippen molar-refractivity contribution in [2.75, 3.05) is 19.6 Å². The first-order chi connectivity index (χ1) is 11.3. The third kappa shape index (κ3) is 3.31. The quantitative estimate of drug-likeness (QED) is 0.830. The van der Waals surface area contributed by atoms with Gasteiger partial charge in [-0.15, -0.1) is 0 Å².